The van der Waals surface area contributed by atoms with Crippen molar-refractivity contribution in [3.8, 4) is 5.69 Å². The largest absolute Gasteiger partial charge is 0.336 e. The lowest BCUT2D eigenvalue weighted by molar-refractivity contribution is 0.0663. The predicted molar refractivity (Wildman–Crippen MR) is 81.7 cm³/mol. The van der Waals surface area contributed by atoms with Gasteiger partial charge < -0.3 is 9.80 Å². The van der Waals surface area contributed by atoms with E-state index in [2.05, 4.69) is 10.00 Å². The maximum Gasteiger partial charge on any atom is 0.257 e. The summed E-state index contributed by atoms with van der Waals surface area (Å²) in [4.78, 5) is 16.6. The number of benzene rings is 1. The number of piperazine rings is 1. The van der Waals surface area contributed by atoms with Gasteiger partial charge in [-0.1, -0.05) is 12.1 Å². The SMILES string of the molecule is Cc1c(C(=O)N2CCN(C)CC2)cnn1-c1ccccc1F. The lowest BCUT2D eigenvalue weighted by atomic mass is 10.2. The highest BCUT2D eigenvalue weighted by Gasteiger charge is 2.24. The van der Waals surface area contributed by atoms with Crippen LogP contribution in [0.1, 0.15) is 16.1 Å². The Hall–Kier alpha value is -2.21. The van der Waals surface area contributed by atoms with Crippen LogP contribution in [0.25, 0.3) is 5.69 Å². The Kier molecular flexibility index (Phi) is 3.94. The Bertz CT molecular complexity index is 689. The van der Waals surface area contributed by atoms with E-state index in [4.69, 9.17) is 0 Å². The molecular weight excluding hydrogens is 283 g/mol. The van der Waals surface area contributed by atoms with Gasteiger partial charge in [0.25, 0.3) is 5.91 Å². The molecule has 0 spiro atoms. The van der Waals surface area contributed by atoms with Gasteiger partial charge in [0.05, 0.1) is 17.5 Å². The summed E-state index contributed by atoms with van der Waals surface area (Å²) < 4.78 is 15.4. The summed E-state index contributed by atoms with van der Waals surface area (Å²) >= 11 is 0. The molecule has 1 amide bonds. The van der Waals surface area contributed by atoms with Gasteiger partial charge in [-0.2, -0.15) is 5.10 Å². The molecule has 0 atom stereocenters. The van der Waals surface area contributed by atoms with Crippen LogP contribution in [0.15, 0.2) is 30.5 Å². The van der Waals surface area contributed by atoms with Crippen molar-refractivity contribution in [2.45, 2.75) is 6.92 Å². The topological polar surface area (TPSA) is 41.4 Å². The minimum Gasteiger partial charge on any atom is -0.336 e. The highest BCUT2D eigenvalue weighted by molar-refractivity contribution is 5.95. The van der Waals surface area contributed by atoms with Gasteiger partial charge in [-0.25, -0.2) is 9.07 Å². The van der Waals surface area contributed by atoms with Crippen LogP contribution in [0, 0.1) is 12.7 Å². The van der Waals surface area contributed by atoms with Crippen LogP contribution in [0.3, 0.4) is 0 Å². The minimum absolute atomic E-state index is 0.0341. The molecular formula is C16H19FN4O. The molecule has 3 rings (SSSR count). The van der Waals surface area contributed by atoms with Crippen LogP contribution in [-0.4, -0.2) is 58.7 Å². The number of para-hydroxylation sites is 1. The van der Waals surface area contributed by atoms with Crippen molar-refractivity contribution in [3.63, 3.8) is 0 Å². The molecule has 0 bridgehead atoms. The van der Waals surface area contributed by atoms with Crippen LogP contribution < -0.4 is 0 Å². The van der Waals surface area contributed by atoms with E-state index in [9.17, 15) is 9.18 Å². The summed E-state index contributed by atoms with van der Waals surface area (Å²) in [5.74, 6) is -0.388. The van der Waals surface area contributed by atoms with Crippen LogP contribution >= 0.6 is 0 Å². The summed E-state index contributed by atoms with van der Waals surface area (Å²) in [6.45, 7) is 4.94. The van der Waals surface area contributed by atoms with E-state index in [1.807, 2.05) is 11.9 Å². The molecule has 0 saturated carbocycles. The zero-order chi connectivity index (χ0) is 15.7. The molecule has 2 aromatic rings. The highest BCUT2D eigenvalue weighted by atomic mass is 19.1. The third-order valence-electron chi connectivity index (χ3n) is 4.11. The van der Waals surface area contributed by atoms with Crippen LogP contribution in [0.4, 0.5) is 4.39 Å². The Morgan fingerprint density at radius 2 is 1.86 bits per heavy atom. The zero-order valence-electron chi connectivity index (χ0n) is 12.8. The number of aromatic nitrogens is 2. The van der Waals surface area contributed by atoms with Crippen molar-refractivity contribution in [1.29, 1.82) is 0 Å². The van der Waals surface area contributed by atoms with E-state index in [-0.39, 0.29) is 11.7 Å². The Morgan fingerprint density at radius 1 is 1.18 bits per heavy atom. The molecule has 2 heterocycles. The van der Waals surface area contributed by atoms with Crippen molar-refractivity contribution < 1.29 is 9.18 Å². The van der Waals surface area contributed by atoms with Gasteiger partial charge in [-0.05, 0) is 26.1 Å². The number of hydrogen-bond acceptors (Lipinski definition) is 3. The van der Waals surface area contributed by atoms with Gasteiger partial charge in [-0.15, -0.1) is 0 Å². The highest BCUT2D eigenvalue weighted by Crippen LogP contribution is 2.18. The first-order valence-corrected chi connectivity index (χ1v) is 7.35. The number of carbonyl (C=O) groups is 1. The molecule has 22 heavy (non-hydrogen) atoms. The second-order valence-corrected chi connectivity index (χ2v) is 5.60. The molecule has 0 aliphatic carbocycles. The van der Waals surface area contributed by atoms with Crippen molar-refractivity contribution in [3.05, 3.63) is 47.5 Å². The molecule has 0 N–H and O–H groups in total. The lowest BCUT2D eigenvalue weighted by Gasteiger charge is -2.32. The van der Waals surface area contributed by atoms with Crippen LogP contribution in [0.5, 0.6) is 0 Å². The fraction of sp³-hybridized carbons (Fsp3) is 0.375. The fourth-order valence-corrected chi connectivity index (χ4v) is 2.67. The molecule has 1 aromatic heterocycles. The first-order chi connectivity index (χ1) is 10.6. The van der Waals surface area contributed by atoms with E-state index < -0.39 is 0 Å². The van der Waals surface area contributed by atoms with Gasteiger partial charge in [0, 0.05) is 26.2 Å². The molecule has 5 nitrogen and oxygen atoms in total. The first-order valence-electron chi connectivity index (χ1n) is 7.35. The van der Waals surface area contributed by atoms with Crippen LogP contribution in [-0.2, 0) is 0 Å². The third kappa shape index (κ3) is 2.62. The number of likely N-dealkylation sites (N-methyl/N-ethyl adjacent to an activating group) is 1. The molecule has 0 radical (unpaired) electrons. The number of nitrogens with zero attached hydrogens (tertiary/aromatic N) is 4. The number of carbonyl (C=O) groups excluding carboxylic acids is 1. The molecule has 116 valence electrons. The van der Waals surface area contributed by atoms with Crippen molar-refractivity contribution in [1.82, 2.24) is 19.6 Å². The molecule has 1 aromatic carbocycles. The second kappa shape index (κ2) is 5.88. The van der Waals surface area contributed by atoms with Gasteiger partial charge in [0.1, 0.15) is 11.5 Å². The maximum absolute atomic E-state index is 13.9. The number of amides is 1. The van der Waals surface area contributed by atoms with E-state index in [1.54, 1.807) is 25.1 Å². The monoisotopic (exact) mass is 302 g/mol. The summed E-state index contributed by atoms with van der Waals surface area (Å²) in [6, 6.07) is 6.42. The molecule has 1 fully saturated rings. The van der Waals surface area contributed by atoms with Gasteiger partial charge in [-0.3, -0.25) is 4.79 Å². The Balaban J connectivity index is 1.88. The summed E-state index contributed by atoms with van der Waals surface area (Å²) in [5.41, 5.74) is 1.55. The molecule has 0 unspecified atom stereocenters. The average Bonchev–Trinajstić information content (AvgIpc) is 2.89. The van der Waals surface area contributed by atoms with Gasteiger partial charge in [0.15, 0.2) is 0 Å². The molecule has 1 aliphatic heterocycles. The maximum atomic E-state index is 13.9. The van der Waals surface area contributed by atoms with E-state index in [0.29, 0.717) is 30.0 Å². The van der Waals surface area contributed by atoms with Crippen molar-refractivity contribution >= 4 is 5.91 Å². The normalized spacial score (nSPS) is 16.0. The summed E-state index contributed by atoms with van der Waals surface area (Å²) in [7, 11) is 2.04. The predicted octanol–water partition coefficient (Wildman–Crippen LogP) is 1.71. The van der Waals surface area contributed by atoms with Crippen molar-refractivity contribution in [2.75, 3.05) is 33.2 Å². The average molecular weight is 302 g/mol. The van der Waals surface area contributed by atoms with Gasteiger partial charge >= 0.3 is 0 Å². The minimum atomic E-state index is -0.354. The smallest absolute Gasteiger partial charge is 0.257 e. The molecule has 6 heteroatoms. The van der Waals surface area contributed by atoms with E-state index in [1.165, 1.54) is 16.9 Å². The van der Waals surface area contributed by atoms with Crippen LogP contribution in [0.2, 0.25) is 0 Å². The second-order valence-electron chi connectivity index (χ2n) is 5.60. The van der Waals surface area contributed by atoms with E-state index in [0.717, 1.165) is 13.1 Å². The summed E-state index contributed by atoms with van der Waals surface area (Å²) in [5, 5.41) is 4.20. The van der Waals surface area contributed by atoms with Crippen molar-refractivity contribution in [2.24, 2.45) is 0 Å². The number of rotatable bonds is 2. The summed E-state index contributed by atoms with van der Waals surface area (Å²) in [6.07, 6.45) is 1.53. The molecule has 1 saturated heterocycles. The lowest BCUT2D eigenvalue weighted by Crippen LogP contribution is -2.47. The third-order valence-corrected chi connectivity index (χ3v) is 4.11. The molecule has 1 aliphatic rings. The number of halogens is 1. The van der Waals surface area contributed by atoms with Gasteiger partial charge in [0.2, 0.25) is 0 Å². The number of hydrogen-bond donors (Lipinski definition) is 0. The first kappa shape index (κ1) is 14.7. The Labute approximate surface area is 128 Å². The fourth-order valence-electron chi connectivity index (χ4n) is 2.67. The Morgan fingerprint density at radius 3 is 2.55 bits per heavy atom. The quantitative estimate of drug-likeness (QED) is 0.848. The zero-order valence-corrected chi connectivity index (χ0v) is 12.8. The van der Waals surface area contributed by atoms with E-state index >= 15 is 0 Å². The standard InChI is InChI=1S/C16H19FN4O/c1-12-13(16(22)20-9-7-19(2)8-10-20)11-18-21(12)15-6-4-3-5-14(15)17/h3-6,11H,7-10H2,1-2H3.